The highest BCUT2D eigenvalue weighted by Crippen LogP contribution is 2.43. The number of hydrogen-bond donors (Lipinski definition) is 1. The van der Waals surface area contributed by atoms with Gasteiger partial charge in [-0.3, -0.25) is 14.5 Å². The van der Waals surface area contributed by atoms with Gasteiger partial charge in [-0.05, 0) is 24.6 Å². The van der Waals surface area contributed by atoms with Crippen molar-refractivity contribution in [3.05, 3.63) is 101 Å². The molecule has 168 valence electrons. The van der Waals surface area contributed by atoms with Gasteiger partial charge in [-0.1, -0.05) is 66.2 Å². The Labute approximate surface area is 187 Å². The van der Waals surface area contributed by atoms with Crippen molar-refractivity contribution >= 4 is 23.1 Å². The van der Waals surface area contributed by atoms with Gasteiger partial charge in [-0.2, -0.15) is 0 Å². The van der Waals surface area contributed by atoms with Gasteiger partial charge < -0.3 is 9.84 Å². The number of ketones is 1. The van der Waals surface area contributed by atoms with Crippen molar-refractivity contribution in [3.8, 4) is 5.75 Å². The van der Waals surface area contributed by atoms with Crippen molar-refractivity contribution in [1.82, 2.24) is 0 Å². The molecule has 0 saturated carbocycles. The SMILES string of the molecule is Cc1cccc(C2/C(=C(\O)c3ccccc3)C(=O)C(=O)N2c2cccc(OC(F)(F)F)c2)c1. The third-order valence-corrected chi connectivity index (χ3v) is 5.18. The highest BCUT2D eigenvalue weighted by atomic mass is 19.4. The van der Waals surface area contributed by atoms with Crippen LogP contribution in [0.25, 0.3) is 5.76 Å². The summed E-state index contributed by atoms with van der Waals surface area (Å²) >= 11 is 0. The quantitative estimate of drug-likeness (QED) is 0.321. The highest BCUT2D eigenvalue weighted by Gasteiger charge is 2.47. The van der Waals surface area contributed by atoms with Crippen LogP contribution >= 0.6 is 0 Å². The van der Waals surface area contributed by atoms with Crippen LogP contribution in [0.3, 0.4) is 0 Å². The molecule has 3 aromatic carbocycles. The smallest absolute Gasteiger partial charge is 0.507 e. The van der Waals surface area contributed by atoms with Gasteiger partial charge >= 0.3 is 6.36 Å². The van der Waals surface area contributed by atoms with Gasteiger partial charge in [0.1, 0.15) is 11.5 Å². The average molecular weight is 453 g/mol. The number of halogens is 3. The lowest BCUT2D eigenvalue weighted by molar-refractivity contribution is -0.274. The van der Waals surface area contributed by atoms with Gasteiger partial charge in [0, 0.05) is 17.3 Å². The minimum atomic E-state index is -4.92. The third kappa shape index (κ3) is 4.45. The first-order chi connectivity index (χ1) is 15.7. The zero-order chi connectivity index (χ0) is 23.8. The van der Waals surface area contributed by atoms with E-state index in [1.807, 2.05) is 13.0 Å². The number of Topliss-reactive ketones (excluding diaryl/α,β-unsaturated/α-hetero) is 1. The molecule has 1 aliphatic heterocycles. The maximum absolute atomic E-state index is 13.1. The van der Waals surface area contributed by atoms with E-state index in [9.17, 15) is 27.9 Å². The molecular weight excluding hydrogens is 435 g/mol. The fraction of sp³-hybridized carbons (Fsp3) is 0.120. The number of aliphatic hydroxyl groups is 1. The van der Waals surface area contributed by atoms with Crippen LogP contribution in [-0.4, -0.2) is 23.2 Å². The molecule has 1 atom stereocenters. The summed E-state index contributed by atoms with van der Waals surface area (Å²) in [5.74, 6) is -2.81. The normalized spacial score (nSPS) is 17.9. The number of nitrogens with zero attached hydrogens (tertiary/aromatic N) is 1. The van der Waals surface area contributed by atoms with Crippen LogP contribution in [0, 0.1) is 6.92 Å². The van der Waals surface area contributed by atoms with Crippen LogP contribution < -0.4 is 9.64 Å². The van der Waals surface area contributed by atoms with E-state index in [1.54, 1.807) is 48.5 Å². The number of aliphatic hydroxyl groups excluding tert-OH is 1. The van der Waals surface area contributed by atoms with E-state index < -0.39 is 29.8 Å². The summed E-state index contributed by atoms with van der Waals surface area (Å²) in [5, 5.41) is 11.0. The first kappa shape index (κ1) is 22.1. The van der Waals surface area contributed by atoms with Crippen molar-refractivity contribution in [2.75, 3.05) is 4.90 Å². The maximum atomic E-state index is 13.1. The summed E-state index contributed by atoms with van der Waals surface area (Å²) in [6, 6.07) is 19.0. The molecule has 1 aliphatic rings. The molecule has 1 N–H and O–H groups in total. The zero-order valence-electron chi connectivity index (χ0n) is 17.3. The largest absolute Gasteiger partial charge is 0.573 e. The van der Waals surface area contributed by atoms with Gasteiger partial charge in [-0.15, -0.1) is 13.2 Å². The van der Waals surface area contributed by atoms with Crippen molar-refractivity contribution in [1.29, 1.82) is 0 Å². The lowest BCUT2D eigenvalue weighted by Crippen LogP contribution is -2.29. The minimum Gasteiger partial charge on any atom is -0.507 e. The Morgan fingerprint density at radius 2 is 1.64 bits per heavy atom. The summed E-state index contributed by atoms with van der Waals surface area (Å²) in [6.07, 6.45) is -4.92. The van der Waals surface area contributed by atoms with Gasteiger partial charge in [0.15, 0.2) is 0 Å². The van der Waals surface area contributed by atoms with Crippen LogP contribution in [0.5, 0.6) is 5.75 Å². The summed E-state index contributed by atoms with van der Waals surface area (Å²) in [7, 11) is 0. The van der Waals surface area contributed by atoms with Crippen LogP contribution in [0.15, 0.2) is 84.4 Å². The molecule has 1 heterocycles. The van der Waals surface area contributed by atoms with Gasteiger partial charge in [0.05, 0.1) is 11.6 Å². The summed E-state index contributed by atoms with van der Waals surface area (Å²) < 4.78 is 42.2. The molecule has 33 heavy (non-hydrogen) atoms. The van der Waals surface area contributed by atoms with Gasteiger partial charge in [0.25, 0.3) is 11.7 Å². The summed E-state index contributed by atoms with van der Waals surface area (Å²) in [5.41, 5.74) is 1.57. The molecule has 1 amide bonds. The maximum Gasteiger partial charge on any atom is 0.573 e. The molecule has 1 saturated heterocycles. The Hall–Kier alpha value is -4.07. The lowest BCUT2D eigenvalue weighted by Gasteiger charge is -2.26. The second-order valence-electron chi connectivity index (χ2n) is 7.49. The molecule has 5 nitrogen and oxygen atoms in total. The molecular formula is C25H18F3NO4. The second kappa shape index (κ2) is 8.46. The fourth-order valence-electron chi connectivity index (χ4n) is 3.84. The van der Waals surface area contributed by atoms with E-state index in [1.165, 1.54) is 12.1 Å². The van der Waals surface area contributed by atoms with E-state index in [4.69, 9.17) is 0 Å². The van der Waals surface area contributed by atoms with Crippen LogP contribution in [-0.2, 0) is 9.59 Å². The van der Waals surface area contributed by atoms with Crippen molar-refractivity contribution in [2.24, 2.45) is 0 Å². The monoisotopic (exact) mass is 453 g/mol. The van der Waals surface area contributed by atoms with Crippen LogP contribution in [0.1, 0.15) is 22.7 Å². The highest BCUT2D eigenvalue weighted by molar-refractivity contribution is 6.51. The predicted octanol–water partition coefficient (Wildman–Crippen LogP) is 5.52. The number of alkyl halides is 3. The van der Waals surface area contributed by atoms with E-state index in [2.05, 4.69) is 4.74 Å². The van der Waals surface area contributed by atoms with Crippen LogP contribution in [0.2, 0.25) is 0 Å². The minimum absolute atomic E-state index is 0.0254. The van der Waals surface area contributed by atoms with E-state index in [0.29, 0.717) is 11.1 Å². The van der Waals surface area contributed by atoms with E-state index >= 15 is 0 Å². The molecule has 0 bridgehead atoms. The number of ether oxygens (including phenoxy) is 1. The molecule has 1 unspecified atom stereocenters. The molecule has 3 aromatic rings. The second-order valence-corrected chi connectivity index (χ2v) is 7.49. The average Bonchev–Trinajstić information content (AvgIpc) is 3.03. The summed E-state index contributed by atoms with van der Waals surface area (Å²) in [4.78, 5) is 27.2. The number of carbonyl (C=O) groups is 2. The molecule has 0 radical (unpaired) electrons. The van der Waals surface area contributed by atoms with Crippen molar-refractivity contribution < 1.29 is 32.6 Å². The fourth-order valence-corrected chi connectivity index (χ4v) is 3.84. The molecule has 0 aromatic heterocycles. The number of carbonyl (C=O) groups excluding carboxylic acids is 2. The standard InChI is InChI=1S/C25H18F3NO4/c1-15-7-5-10-17(13-15)21-20(22(30)16-8-3-2-4-9-16)23(31)24(32)29(21)18-11-6-12-19(14-18)33-25(26,27)28/h2-14,21,30H,1H3/b22-20+. The Morgan fingerprint density at radius 3 is 2.30 bits per heavy atom. The summed E-state index contributed by atoms with van der Waals surface area (Å²) in [6.45, 7) is 1.82. The van der Waals surface area contributed by atoms with E-state index in [0.717, 1.165) is 22.6 Å². The molecule has 1 fully saturated rings. The Bertz CT molecular complexity index is 1250. The predicted molar refractivity (Wildman–Crippen MR) is 116 cm³/mol. The lowest BCUT2D eigenvalue weighted by atomic mass is 9.94. The van der Waals surface area contributed by atoms with Crippen molar-refractivity contribution in [2.45, 2.75) is 19.3 Å². The van der Waals surface area contributed by atoms with Crippen molar-refractivity contribution in [3.63, 3.8) is 0 Å². The number of anilines is 1. The number of benzene rings is 3. The Morgan fingerprint density at radius 1 is 0.939 bits per heavy atom. The number of amides is 1. The molecule has 0 aliphatic carbocycles. The third-order valence-electron chi connectivity index (χ3n) is 5.18. The Balaban J connectivity index is 1.91. The van der Waals surface area contributed by atoms with Gasteiger partial charge in [0.2, 0.25) is 0 Å². The molecule has 8 heteroatoms. The number of aryl methyl sites for hydroxylation is 1. The number of hydrogen-bond acceptors (Lipinski definition) is 4. The van der Waals surface area contributed by atoms with Gasteiger partial charge in [-0.25, -0.2) is 0 Å². The van der Waals surface area contributed by atoms with E-state index in [-0.39, 0.29) is 17.0 Å². The topological polar surface area (TPSA) is 66.8 Å². The zero-order valence-corrected chi connectivity index (χ0v) is 17.3. The molecule has 0 spiro atoms. The van der Waals surface area contributed by atoms with Crippen LogP contribution in [0.4, 0.5) is 18.9 Å². The Kier molecular flexibility index (Phi) is 5.68. The first-order valence-electron chi connectivity index (χ1n) is 9.94. The molecule has 4 rings (SSSR count). The first-order valence-corrected chi connectivity index (χ1v) is 9.94. The number of rotatable bonds is 4.